The van der Waals surface area contributed by atoms with Gasteiger partial charge in [-0.05, 0) is 75.3 Å². The quantitative estimate of drug-likeness (QED) is 0.325. The zero-order valence-corrected chi connectivity index (χ0v) is 21.2. The number of aromatic amines is 1. The Morgan fingerprint density at radius 3 is 2.74 bits per heavy atom. The molecule has 0 amide bonds. The van der Waals surface area contributed by atoms with Gasteiger partial charge >= 0.3 is 6.18 Å². The number of imidazole rings is 1. The summed E-state index contributed by atoms with van der Waals surface area (Å²) < 4.78 is 40.9. The minimum absolute atomic E-state index is 0.0228. The second kappa shape index (κ2) is 9.53. The highest BCUT2D eigenvalue weighted by Gasteiger charge is 2.38. The molecule has 0 radical (unpaired) electrons. The van der Waals surface area contributed by atoms with E-state index in [1.165, 1.54) is 12.4 Å². The Morgan fingerprint density at radius 1 is 1.13 bits per heavy atom. The van der Waals surface area contributed by atoms with Gasteiger partial charge in [0.05, 0.1) is 34.1 Å². The molecule has 4 aromatic rings. The normalized spacial score (nSPS) is 26.0. The molecule has 0 unspecified atom stereocenters. The van der Waals surface area contributed by atoms with Crippen molar-refractivity contribution < 1.29 is 18.3 Å². The lowest BCUT2D eigenvalue weighted by atomic mass is 9.76. The summed E-state index contributed by atoms with van der Waals surface area (Å²) in [4.78, 5) is 18.4. The summed E-state index contributed by atoms with van der Waals surface area (Å²) in [6.45, 7) is 0.937. The minimum Gasteiger partial charge on any atom is -0.391 e. The van der Waals surface area contributed by atoms with Crippen LogP contribution in [0.25, 0.3) is 22.1 Å². The Bertz CT molecular complexity index is 1440. The largest absolute Gasteiger partial charge is 0.416 e. The van der Waals surface area contributed by atoms with Gasteiger partial charge in [-0.15, -0.1) is 0 Å². The maximum Gasteiger partial charge on any atom is 0.416 e. The van der Waals surface area contributed by atoms with Gasteiger partial charge in [0.25, 0.3) is 0 Å². The molecule has 8 nitrogen and oxygen atoms in total. The van der Waals surface area contributed by atoms with Crippen LogP contribution in [-0.2, 0) is 12.6 Å². The monoisotopic (exact) mass is 527 g/mol. The number of aliphatic hydroxyl groups is 1. The summed E-state index contributed by atoms with van der Waals surface area (Å²) in [5, 5.41) is 11.6. The summed E-state index contributed by atoms with van der Waals surface area (Å²) >= 11 is 0. The molecule has 0 spiro atoms. The van der Waals surface area contributed by atoms with Crippen molar-refractivity contribution in [1.29, 1.82) is 0 Å². The number of aliphatic hydroxyl groups excluding tert-OH is 1. The molecule has 4 N–H and O–H groups in total. The minimum atomic E-state index is -4.36. The molecular weight excluding hydrogens is 495 g/mol. The Balaban J connectivity index is 0.990. The summed E-state index contributed by atoms with van der Waals surface area (Å²) in [6, 6.07) is 6.06. The number of benzene rings is 1. The van der Waals surface area contributed by atoms with Crippen molar-refractivity contribution in [3.05, 3.63) is 48.2 Å². The highest BCUT2D eigenvalue weighted by atomic mass is 19.4. The van der Waals surface area contributed by atoms with Gasteiger partial charge in [0.2, 0.25) is 0 Å². The number of nitrogens with one attached hydrogen (secondary N) is 1. The zero-order valence-electron chi connectivity index (χ0n) is 21.2. The summed E-state index contributed by atoms with van der Waals surface area (Å²) in [5.41, 5.74) is 7.07. The van der Waals surface area contributed by atoms with Crippen LogP contribution in [0, 0.1) is 11.8 Å². The molecule has 2 saturated carbocycles. The molecule has 2 fully saturated rings. The number of fused-ring (bicyclic) bond motifs is 2. The number of aryl methyl sites for hydroxylation is 1. The number of nitrogens with zero attached hydrogens (tertiary/aromatic N) is 5. The third-order valence-corrected chi connectivity index (χ3v) is 8.52. The Kier molecular flexibility index (Phi) is 6.30. The van der Waals surface area contributed by atoms with Gasteiger partial charge in [0.1, 0.15) is 23.6 Å². The van der Waals surface area contributed by atoms with Crippen LogP contribution in [0.3, 0.4) is 0 Å². The molecular formula is C27H32F3N7O. The fourth-order valence-electron chi connectivity index (χ4n) is 6.35. The molecule has 11 heteroatoms. The SMILES string of the molecule is CN(C[C@@H]1C[C@@H](O)[C@H](n2ccc3c(N)ncnc32)C1)C1CC(CCc2nc3cc(C(F)(F)F)ccc3[nH]2)C1. The maximum atomic E-state index is 13.0. The predicted molar refractivity (Wildman–Crippen MR) is 138 cm³/mol. The summed E-state index contributed by atoms with van der Waals surface area (Å²) in [6.07, 6.45) is 4.17. The Hall–Kier alpha value is -3.18. The van der Waals surface area contributed by atoms with Crippen LogP contribution in [0.1, 0.15) is 49.5 Å². The molecule has 0 bridgehead atoms. The van der Waals surface area contributed by atoms with Crippen LogP contribution < -0.4 is 5.73 Å². The number of anilines is 1. The van der Waals surface area contributed by atoms with Crippen molar-refractivity contribution in [3.63, 3.8) is 0 Å². The van der Waals surface area contributed by atoms with Gasteiger partial charge < -0.3 is 25.3 Å². The molecule has 3 aromatic heterocycles. The first-order valence-electron chi connectivity index (χ1n) is 13.2. The first-order chi connectivity index (χ1) is 18.2. The van der Waals surface area contributed by atoms with E-state index >= 15 is 0 Å². The number of aromatic nitrogens is 5. The molecule has 2 aliphatic rings. The third-order valence-electron chi connectivity index (χ3n) is 8.52. The second-order valence-corrected chi connectivity index (χ2v) is 11.1. The average Bonchev–Trinajstić information content (AvgIpc) is 3.53. The first kappa shape index (κ1) is 25.1. The molecule has 1 aromatic carbocycles. The van der Waals surface area contributed by atoms with Crippen molar-refractivity contribution in [3.8, 4) is 0 Å². The molecule has 3 atom stereocenters. The van der Waals surface area contributed by atoms with Crippen molar-refractivity contribution in [2.24, 2.45) is 11.8 Å². The molecule has 0 aliphatic heterocycles. The van der Waals surface area contributed by atoms with Crippen LogP contribution in [0.2, 0.25) is 0 Å². The number of nitrogen functional groups attached to an aromatic ring is 1. The second-order valence-electron chi connectivity index (χ2n) is 11.1. The fraction of sp³-hybridized carbons (Fsp3) is 0.519. The number of hydrogen-bond acceptors (Lipinski definition) is 6. The number of alkyl halides is 3. The van der Waals surface area contributed by atoms with E-state index in [0.29, 0.717) is 34.7 Å². The van der Waals surface area contributed by atoms with Gasteiger partial charge in [-0.1, -0.05) is 0 Å². The Labute approximate surface area is 218 Å². The van der Waals surface area contributed by atoms with Gasteiger partial charge in [-0.2, -0.15) is 13.2 Å². The molecule has 38 heavy (non-hydrogen) atoms. The molecule has 6 rings (SSSR count). The lowest BCUT2D eigenvalue weighted by Gasteiger charge is -2.42. The third kappa shape index (κ3) is 4.73. The van der Waals surface area contributed by atoms with E-state index in [1.807, 2.05) is 16.8 Å². The highest BCUT2D eigenvalue weighted by Crippen LogP contribution is 2.40. The van der Waals surface area contributed by atoms with Gasteiger partial charge in [0, 0.05) is 25.2 Å². The van der Waals surface area contributed by atoms with Crippen molar-refractivity contribution >= 4 is 27.9 Å². The van der Waals surface area contributed by atoms with E-state index in [4.69, 9.17) is 5.73 Å². The number of halogens is 3. The van der Waals surface area contributed by atoms with Crippen LogP contribution in [0.5, 0.6) is 0 Å². The van der Waals surface area contributed by atoms with Crippen LogP contribution in [0.15, 0.2) is 36.8 Å². The highest BCUT2D eigenvalue weighted by molar-refractivity contribution is 5.86. The lowest BCUT2D eigenvalue weighted by Crippen LogP contribution is -2.44. The summed E-state index contributed by atoms with van der Waals surface area (Å²) in [5.74, 6) is 2.17. The van der Waals surface area contributed by atoms with Crippen LogP contribution in [0.4, 0.5) is 19.0 Å². The van der Waals surface area contributed by atoms with E-state index in [2.05, 4.69) is 31.9 Å². The molecule has 202 valence electrons. The maximum absolute atomic E-state index is 13.0. The number of rotatable bonds is 7. The van der Waals surface area contributed by atoms with Gasteiger partial charge in [-0.3, -0.25) is 0 Å². The fourth-order valence-corrected chi connectivity index (χ4v) is 6.35. The van der Waals surface area contributed by atoms with E-state index < -0.39 is 17.8 Å². The zero-order chi connectivity index (χ0) is 26.6. The van der Waals surface area contributed by atoms with E-state index in [1.54, 1.807) is 0 Å². The lowest BCUT2D eigenvalue weighted by molar-refractivity contribution is -0.137. The first-order valence-corrected chi connectivity index (χ1v) is 13.2. The average molecular weight is 528 g/mol. The van der Waals surface area contributed by atoms with Gasteiger partial charge in [0.15, 0.2) is 0 Å². The van der Waals surface area contributed by atoms with Crippen LogP contribution >= 0.6 is 0 Å². The smallest absolute Gasteiger partial charge is 0.391 e. The predicted octanol–water partition coefficient (Wildman–Crippen LogP) is 4.56. The number of nitrogens with two attached hydrogens (primary N) is 1. The molecule has 2 aliphatic carbocycles. The summed E-state index contributed by atoms with van der Waals surface area (Å²) in [7, 11) is 2.16. The van der Waals surface area contributed by atoms with E-state index in [9.17, 15) is 18.3 Å². The Morgan fingerprint density at radius 2 is 1.95 bits per heavy atom. The number of hydrogen-bond donors (Lipinski definition) is 3. The molecule has 0 saturated heterocycles. The standard InChI is InChI=1S/C27H32F3N7O/c1-36(13-16-10-22(23(38)11-16)37-7-6-19-25(31)32-14-33-26(19)37)18-8-15(9-18)2-5-24-34-20-4-3-17(27(28,29)30)12-21(20)35-24/h3-4,6-7,12,14-16,18,22-23,38H,2,5,8-11,13H2,1H3,(H,34,35)(H2,31,32,33)/t15?,16-,18?,22+,23+/m0/s1. The van der Waals surface area contributed by atoms with E-state index in [-0.39, 0.29) is 6.04 Å². The topological polar surface area (TPSA) is 109 Å². The van der Waals surface area contributed by atoms with Crippen molar-refractivity contribution in [2.45, 2.75) is 62.9 Å². The van der Waals surface area contributed by atoms with Crippen molar-refractivity contribution in [1.82, 2.24) is 29.4 Å². The van der Waals surface area contributed by atoms with Crippen LogP contribution in [-0.4, -0.2) is 60.2 Å². The van der Waals surface area contributed by atoms with E-state index in [0.717, 1.165) is 74.1 Å². The molecule has 3 heterocycles. The number of H-pyrrole nitrogens is 1. The van der Waals surface area contributed by atoms with Gasteiger partial charge in [-0.25, -0.2) is 15.0 Å². The van der Waals surface area contributed by atoms with Crippen molar-refractivity contribution in [2.75, 3.05) is 19.3 Å².